The Morgan fingerprint density at radius 3 is 2.39 bits per heavy atom. The summed E-state index contributed by atoms with van der Waals surface area (Å²) in [6.07, 6.45) is 0. The molecule has 120 valence electrons. The van der Waals surface area contributed by atoms with Gasteiger partial charge in [0.15, 0.2) is 0 Å². The maximum absolute atomic E-state index is 13.7. The van der Waals surface area contributed by atoms with Gasteiger partial charge in [-0.1, -0.05) is 12.1 Å². The van der Waals surface area contributed by atoms with Gasteiger partial charge in [0.1, 0.15) is 5.82 Å². The summed E-state index contributed by atoms with van der Waals surface area (Å²) in [4.78, 5) is 21.8. The lowest BCUT2D eigenvalue weighted by Gasteiger charge is -2.08. The normalized spacial score (nSPS) is 10.3. The fraction of sp³-hybridized carbons (Fsp3) is 0.176. The second kappa shape index (κ2) is 7.51. The first-order valence-corrected chi connectivity index (χ1v) is 7.04. The van der Waals surface area contributed by atoms with Gasteiger partial charge in [0.05, 0.1) is 5.56 Å². The molecule has 2 aromatic carbocycles. The number of hydrogen-bond acceptors (Lipinski definition) is 3. The number of hydrogen-bond donors (Lipinski definition) is 3. The average molecular weight is 316 g/mol. The van der Waals surface area contributed by atoms with Crippen LogP contribution >= 0.6 is 0 Å². The Balaban J connectivity index is 1.93. The molecular formula is C17H17FN2O3. The predicted octanol–water partition coefficient (Wildman–Crippen LogP) is 2.77. The molecule has 0 saturated heterocycles. The fourth-order valence-electron chi connectivity index (χ4n) is 2.09. The number of benzene rings is 2. The molecule has 0 aliphatic heterocycles. The second-order valence-electron chi connectivity index (χ2n) is 5.09. The molecule has 0 aromatic heterocycles. The van der Waals surface area contributed by atoms with Crippen LogP contribution in [-0.4, -0.2) is 17.0 Å². The van der Waals surface area contributed by atoms with Crippen LogP contribution in [0.25, 0.3) is 0 Å². The number of amides is 1. The van der Waals surface area contributed by atoms with Crippen molar-refractivity contribution in [1.29, 1.82) is 0 Å². The second-order valence-corrected chi connectivity index (χ2v) is 5.09. The molecule has 23 heavy (non-hydrogen) atoms. The highest BCUT2D eigenvalue weighted by Crippen LogP contribution is 2.12. The summed E-state index contributed by atoms with van der Waals surface area (Å²) in [5.41, 5.74) is 2.04. The molecule has 0 bridgehead atoms. The van der Waals surface area contributed by atoms with Crippen molar-refractivity contribution in [3.05, 3.63) is 65.0 Å². The third kappa shape index (κ3) is 4.89. The van der Waals surface area contributed by atoms with E-state index >= 15 is 0 Å². The molecule has 0 fully saturated rings. The largest absolute Gasteiger partial charge is 0.478 e. The molecule has 3 N–H and O–H groups in total. The van der Waals surface area contributed by atoms with Gasteiger partial charge in [0.2, 0.25) is 5.91 Å². The van der Waals surface area contributed by atoms with Crippen molar-refractivity contribution in [3.63, 3.8) is 0 Å². The minimum absolute atomic E-state index is 0.0582. The number of anilines is 1. The topological polar surface area (TPSA) is 78.4 Å². The summed E-state index contributed by atoms with van der Waals surface area (Å²) in [7, 11) is 0. The molecule has 6 heteroatoms. The average Bonchev–Trinajstić information content (AvgIpc) is 2.50. The minimum Gasteiger partial charge on any atom is -0.478 e. The van der Waals surface area contributed by atoms with Gasteiger partial charge in [0, 0.05) is 31.3 Å². The van der Waals surface area contributed by atoms with Crippen LogP contribution in [0, 0.1) is 5.82 Å². The Labute approximate surface area is 133 Å². The van der Waals surface area contributed by atoms with E-state index in [0.717, 1.165) is 11.6 Å². The Morgan fingerprint density at radius 1 is 1.09 bits per heavy atom. The van der Waals surface area contributed by atoms with Crippen LogP contribution in [0.5, 0.6) is 0 Å². The zero-order chi connectivity index (χ0) is 16.8. The molecule has 5 nitrogen and oxygen atoms in total. The molecule has 0 aliphatic rings. The van der Waals surface area contributed by atoms with Crippen molar-refractivity contribution < 1.29 is 19.1 Å². The summed E-state index contributed by atoms with van der Waals surface area (Å²) in [6, 6.07) is 11.0. The van der Waals surface area contributed by atoms with Gasteiger partial charge in [0.25, 0.3) is 0 Å². The van der Waals surface area contributed by atoms with Crippen LogP contribution < -0.4 is 10.6 Å². The van der Waals surface area contributed by atoms with E-state index in [-0.39, 0.29) is 18.0 Å². The molecular weight excluding hydrogens is 299 g/mol. The van der Waals surface area contributed by atoms with Gasteiger partial charge in [-0.15, -0.1) is 0 Å². The third-order valence-corrected chi connectivity index (χ3v) is 3.21. The number of carboxylic acid groups (broad SMARTS) is 1. The number of aromatic carboxylic acids is 1. The number of halogens is 1. The van der Waals surface area contributed by atoms with Gasteiger partial charge in [-0.2, -0.15) is 0 Å². The summed E-state index contributed by atoms with van der Waals surface area (Å²) in [5.74, 6) is -1.66. The van der Waals surface area contributed by atoms with E-state index < -0.39 is 11.8 Å². The van der Waals surface area contributed by atoms with Crippen molar-refractivity contribution in [2.24, 2.45) is 0 Å². The third-order valence-electron chi connectivity index (χ3n) is 3.21. The van der Waals surface area contributed by atoms with Crippen molar-refractivity contribution in [2.75, 3.05) is 5.32 Å². The Hall–Kier alpha value is -2.73. The Bertz CT molecular complexity index is 714. The smallest absolute Gasteiger partial charge is 0.335 e. The van der Waals surface area contributed by atoms with Crippen molar-refractivity contribution in [3.8, 4) is 0 Å². The van der Waals surface area contributed by atoms with E-state index in [0.29, 0.717) is 17.8 Å². The molecule has 1 amide bonds. The predicted molar refractivity (Wildman–Crippen MR) is 84.6 cm³/mol. The summed E-state index contributed by atoms with van der Waals surface area (Å²) in [6.45, 7) is 2.16. The molecule has 0 unspecified atom stereocenters. The molecule has 0 atom stereocenters. The Kier molecular flexibility index (Phi) is 5.43. The molecule has 0 radical (unpaired) electrons. The first-order chi connectivity index (χ1) is 11.0. The molecule has 2 aromatic rings. The highest BCUT2D eigenvalue weighted by Gasteiger charge is 2.08. The number of carboxylic acids is 1. The molecule has 0 saturated carbocycles. The lowest BCUT2D eigenvalue weighted by Crippen LogP contribution is -2.14. The van der Waals surface area contributed by atoms with Crippen molar-refractivity contribution >= 4 is 17.6 Å². The van der Waals surface area contributed by atoms with E-state index in [9.17, 15) is 14.0 Å². The zero-order valence-electron chi connectivity index (χ0n) is 12.6. The minimum atomic E-state index is -1.08. The first-order valence-electron chi connectivity index (χ1n) is 7.04. The summed E-state index contributed by atoms with van der Waals surface area (Å²) >= 11 is 0. The molecule has 0 spiro atoms. The van der Waals surface area contributed by atoms with Crippen molar-refractivity contribution in [1.82, 2.24) is 5.32 Å². The van der Waals surface area contributed by atoms with Crippen LogP contribution in [0.1, 0.15) is 28.4 Å². The highest BCUT2D eigenvalue weighted by atomic mass is 19.1. The maximum atomic E-state index is 13.7. The van der Waals surface area contributed by atoms with Crippen molar-refractivity contribution in [2.45, 2.75) is 20.0 Å². The summed E-state index contributed by atoms with van der Waals surface area (Å²) < 4.78 is 13.7. The van der Waals surface area contributed by atoms with Gasteiger partial charge in [-0.25, -0.2) is 9.18 Å². The summed E-state index contributed by atoms with van der Waals surface area (Å²) in [5, 5.41) is 14.7. The van der Waals surface area contributed by atoms with E-state index in [4.69, 9.17) is 5.11 Å². The fourth-order valence-corrected chi connectivity index (χ4v) is 2.09. The number of carbonyl (C=O) groups is 2. The Morgan fingerprint density at radius 2 is 1.78 bits per heavy atom. The highest BCUT2D eigenvalue weighted by molar-refractivity contribution is 5.88. The van der Waals surface area contributed by atoms with E-state index in [2.05, 4.69) is 10.6 Å². The van der Waals surface area contributed by atoms with Gasteiger partial charge in [-0.05, 0) is 35.9 Å². The monoisotopic (exact) mass is 316 g/mol. The molecule has 0 heterocycles. The lowest BCUT2D eigenvalue weighted by atomic mass is 10.1. The quantitative estimate of drug-likeness (QED) is 0.766. The van der Waals surface area contributed by atoms with E-state index in [1.165, 1.54) is 19.1 Å². The maximum Gasteiger partial charge on any atom is 0.335 e. The standard InChI is InChI=1S/C17H17FN2O3/c1-11(21)20-15-5-2-12(3-6-15)9-19-10-14-8-13(17(22)23)4-7-16(14)18/h2-8,19H,9-10H2,1H3,(H,20,21)(H,22,23). The zero-order valence-corrected chi connectivity index (χ0v) is 12.6. The van der Waals surface area contributed by atoms with Gasteiger partial charge >= 0.3 is 5.97 Å². The number of carbonyl (C=O) groups excluding carboxylic acids is 1. The van der Waals surface area contributed by atoms with Gasteiger partial charge < -0.3 is 15.7 Å². The van der Waals surface area contributed by atoms with E-state index in [1.807, 2.05) is 12.1 Å². The number of rotatable bonds is 6. The first kappa shape index (κ1) is 16.6. The molecule has 0 aliphatic carbocycles. The van der Waals surface area contributed by atoms with Crippen LogP contribution in [0.15, 0.2) is 42.5 Å². The van der Waals surface area contributed by atoms with Gasteiger partial charge in [-0.3, -0.25) is 4.79 Å². The van der Waals surface area contributed by atoms with Crippen LogP contribution in [0.3, 0.4) is 0 Å². The molecule has 2 rings (SSSR count). The van der Waals surface area contributed by atoms with Crippen LogP contribution in [0.2, 0.25) is 0 Å². The van der Waals surface area contributed by atoms with Crippen LogP contribution in [0.4, 0.5) is 10.1 Å². The SMILES string of the molecule is CC(=O)Nc1ccc(CNCc2cc(C(=O)O)ccc2F)cc1. The van der Waals surface area contributed by atoms with E-state index in [1.54, 1.807) is 12.1 Å². The number of nitrogens with one attached hydrogen (secondary N) is 2. The van der Waals surface area contributed by atoms with Crippen LogP contribution in [-0.2, 0) is 17.9 Å². The lowest BCUT2D eigenvalue weighted by molar-refractivity contribution is -0.114.